The van der Waals surface area contributed by atoms with E-state index in [0.29, 0.717) is 13.1 Å². The number of ether oxygens (including phenoxy) is 1. The molecule has 0 atom stereocenters. The normalized spacial score (nSPS) is 10.5. The van der Waals surface area contributed by atoms with Gasteiger partial charge in [-0.1, -0.05) is 42.5 Å². The second-order valence-electron chi connectivity index (χ2n) is 6.36. The van der Waals surface area contributed by atoms with Gasteiger partial charge in [0.05, 0.1) is 0 Å². The van der Waals surface area contributed by atoms with Gasteiger partial charge in [-0.15, -0.1) is 0 Å². The van der Waals surface area contributed by atoms with Crippen LogP contribution in [0.2, 0.25) is 0 Å². The largest absolute Gasteiger partial charge is 0.385 e. The lowest BCUT2D eigenvalue weighted by Gasteiger charge is -2.24. The van der Waals surface area contributed by atoms with Gasteiger partial charge in [0.25, 0.3) is 0 Å². The second-order valence-corrected chi connectivity index (χ2v) is 6.36. The summed E-state index contributed by atoms with van der Waals surface area (Å²) >= 11 is 0. The summed E-state index contributed by atoms with van der Waals surface area (Å²) in [5.41, 5.74) is 4.21. The minimum absolute atomic E-state index is 0.0602. The standard InChI is InChI=1S/C21H28N2O2/c1-17-11-12-18(2)20(15-17)22-21(24)23(13-7-8-14-25-3)16-19-9-5-4-6-10-19/h4-6,9-12,15H,7-8,13-14,16H2,1-3H3,(H,22,24). The van der Waals surface area contributed by atoms with E-state index in [1.807, 2.05) is 61.2 Å². The van der Waals surface area contributed by atoms with Crippen LogP contribution in [0.1, 0.15) is 29.5 Å². The predicted octanol–water partition coefficient (Wildman–Crippen LogP) is 4.76. The highest BCUT2D eigenvalue weighted by molar-refractivity contribution is 5.90. The molecular formula is C21H28N2O2. The zero-order chi connectivity index (χ0) is 18.1. The van der Waals surface area contributed by atoms with Gasteiger partial charge in [-0.3, -0.25) is 0 Å². The molecule has 2 amide bonds. The van der Waals surface area contributed by atoms with Crippen LogP contribution >= 0.6 is 0 Å². The van der Waals surface area contributed by atoms with Crippen LogP contribution < -0.4 is 5.32 Å². The number of hydrogen-bond donors (Lipinski definition) is 1. The molecular weight excluding hydrogens is 312 g/mol. The van der Waals surface area contributed by atoms with Gasteiger partial charge in [-0.2, -0.15) is 0 Å². The maximum absolute atomic E-state index is 12.8. The Labute approximate surface area is 150 Å². The first-order chi connectivity index (χ1) is 12.1. The van der Waals surface area contributed by atoms with Gasteiger partial charge in [0.2, 0.25) is 0 Å². The van der Waals surface area contributed by atoms with Crippen LogP contribution in [0.25, 0.3) is 0 Å². The lowest BCUT2D eigenvalue weighted by atomic mass is 10.1. The molecule has 1 N–H and O–H groups in total. The van der Waals surface area contributed by atoms with Gasteiger partial charge in [-0.05, 0) is 49.4 Å². The van der Waals surface area contributed by atoms with Gasteiger partial charge in [0, 0.05) is 32.5 Å². The van der Waals surface area contributed by atoms with E-state index in [4.69, 9.17) is 4.74 Å². The number of methoxy groups -OCH3 is 1. The Bertz CT molecular complexity index is 671. The van der Waals surface area contributed by atoms with Crippen LogP contribution in [0, 0.1) is 13.8 Å². The van der Waals surface area contributed by atoms with Crippen molar-refractivity contribution in [3.8, 4) is 0 Å². The molecule has 0 aliphatic heterocycles. The molecule has 4 nitrogen and oxygen atoms in total. The van der Waals surface area contributed by atoms with Crippen LogP contribution in [0.3, 0.4) is 0 Å². The molecule has 0 aliphatic carbocycles. The third-order valence-electron chi connectivity index (χ3n) is 4.16. The van der Waals surface area contributed by atoms with E-state index in [2.05, 4.69) is 11.4 Å². The molecule has 0 radical (unpaired) electrons. The Morgan fingerprint density at radius 2 is 1.84 bits per heavy atom. The number of nitrogens with one attached hydrogen (secondary N) is 1. The Morgan fingerprint density at radius 1 is 1.08 bits per heavy atom. The van der Waals surface area contributed by atoms with E-state index < -0.39 is 0 Å². The molecule has 4 heteroatoms. The van der Waals surface area contributed by atoms with E-state index in [0.717, 1.165) is 41.8 Å². The summed E-state index contributed by atoms with van der Waals surface area (Å²) in [6.45, 7) is 6.06. The molecule has 134 valence electrons. The molecule has 25 heavy (non-hydrogen) atoms. The fourth-order valence-corrected chi connectivity index (χ4v) is 2.67. The number of amides is 2. The van der Waals surface area contributed by atoms with E-state index in [1.54, 1.807) is 7.11 Å². The van der Waals surface area contributed by atoms with Gasteiger partial charge in [0.15, 0.2) is 0 Å². The maximum Gasteiger partial charge on any atom is 0.322 e. The second kappa shape index (κ2) is 9.84. The van der Waals surface area contributed by atoms with Crippen molar-refractivity contribution in [2.24, 2.45) is 0 Å². The van der Waals surface area contributed by atoms with E-state index in [9.17, 15) is 4.79 Å². The maximum atomic E-state index is 12.8. The van der Waals surface area contributed by atoms with Crippen molar-refractivity contribution in [2.75, 3.05) is 25.6 Å². The fraction of sp³-hybridized carbons (Fsp3) is 0.381. The van der Waals surface area contributed by atoms with E-state index >= 15 is 0 Å². The highest BCUT2D eigenvalue weighted by Crippen LogP contribution is 2.18. The van der Waals surface area contributed by atoms with Crippen LogP contribution in [0.5, 0.6) is 0 Å². The number of carbonyl (C=O) groups excluding carboxylic acids is 1. The van der Waals surface area contributed by atoms with Crippen molar-refractivity contribution in [3.63, 3.8) is 0 Å². The first kappa shape index (κ1) is 19.0. The predicted molar refractivity (Wildman–Crippen MR) is 103 cm³/mol. The Morgan fingerprint density at radius 3 is 2.56 bits per heavy atom. The Balaban J connectivity index is 2.06. The number of urea groups is 1. The molecule has 2 rings (SSSR count). The number of nitrogens with zero attached hydrogens (tertiary/aromatic N) is 1. The smallest absolute Gasteiger partial charge is 0.322 e. The number of carbonyl (C=O) groups is 1. The van der Waals surface area contributed by atoms with Gasteiger partial charge in [-0.25, -0.2) is 4.79 Å². The number of unbranched alkanes of at least 4 members (excludes halogenated alkanes) is 1. The molecule has 0 fully saturated rings. The quantitative estimate of drug-likeness (QED) is 0.704. The van der Waals surface area contributed by atoms with Crippen LogP contribution in [-0.2, 0) is 11.3 Å². The summed E-state index contributed by atoms with van der Waals surface area (Å²) in [5, 5.41) is 3.07. The number of benzene rings is 2. The van der Waals surface area contributed by atoms with Gasteiger partial charge < -0.3 is 15.0 Å². The molecule has 0 saturated carbocycles. The van der Waals surface area contributed by atoms with Crippen molar-refractivity contribution in [3.05, 3.63) is 65.2 Å². The molecule has 0 aromatic heterocycles. The third kappa shape index (κ3) is 6.24. The third-order valence-corrected chi connectivity index (χ3v) is 4.16. The molecule has 0 aliphatic rings. The number of rotatable bonds is 8. The first-order valence-electron chi connectivity index (χ1n) is 8.76. The number of hydrogen-bond acceptors (Lipinski definition) is 2. The Kier molecular flexibility index (Phi) is 7.48. The minimum atomic E-state index is -0.0602. The zero-order valence-electron chi connectivity index (χ0n) is 15.4. The van der Waals surface area contributed by atoms with Crippen molar-refractivity contribution in [1.29, 1.82) is 0 Å². The fourth-order valence-electron chi connectivity index (χ4n) is 2.67. The molecule has 2 aromatic rings. The summed E-state index contributed by atoms with van der Waals surface area (Å²) in [6.07, 6.45) is 1.86. The topological polar surface area (TPSA) is 41.6 Å². The van der Waals surface area contributed by atoms with Crippen LogP contribution in [-0.4, -0.2) is 31.2 Å². The molecule has 0 spiro atoms. The lowest BCUT2D eigenvalue weighted by Crippen LogP contribution is -2.35. The highest BCUT2D eigenvalue weighted by Gasteiger charge is 2.15. The van der Waals surface area contributed by atoms with Crippen molar-refractivity contribution < 1.29 is 9.53 Å². The van der Waals surface area contributed by atoms with Crippen molar-refractivity contribution in [2.45, 2.75) is 33.2 Å². The zero-order valence-corrected chi connectivity index (χ0v) is 15.4. The number of aryl methyl sites for hydroxylation is 2. The number of anilines is 1. The summed E-state index contributed by atoms with van der Waals surface area (Å²) in [5.74, 6) is 0. The summed E-state index contributed by atoms with van der Waals surface area (Å²) in [6, 6.07) is 16.1. The summed E-state index contributed by atoms with van der Waals surface area (Å²) in [7, 11) is 1.70. The molecule has 0 unspecified atom stereocenters. The Hall–Kier alpha value is -2.33. The molecule has 2 aromatic carbocycles. The molecule has 0 bridgehead atoms. The lowest BCUT2D eigenvalue weighted by molar-refractivity contribution is 0.182. The first-order valence-corrected chi connectivity index (χ1v) is 8.76. The van der Waals surface area contributed by atoms with Crippen molar-refractivity contribution >= 4 is 11.7 Å². The average Bonchev–Trinajstić information content (AvgIpc) is 2.61. The van der Waals surface area contributed by atoms with Crippen LogP contribution in [0.4, 0.5) is 10.5 Å². The van der Waals surface area contributed by atoms with Gasteiger partial charge in [0.1, 0.15) is 0 Å². The minimum Gasteiger partial charge on any atom is -0.385 e. The highest BCUT2D eigenvalue weighted by atomic mass is 16.5. The summed E-state index contributed by atoms with van der Waals surface area (Å²) < 4.78 is 5.11. The van der Waals surface area contributed by atoms with E-state index in [1.165, 1.54) is 0 Å². The molecule has 0 heterocycles. The average molecular weight is 340 g/mol. The SMILES string of the molecule is COCCCCN(Cc1ccccc1)C(=O)Nc1cc(C)ccc1C. The summed E-state index contributed by atoms with van der Waals surface area (Å²) in [4.78, 5) is 14.7. The molecule has 0 saturated heterocycles. The van der Waals surface area contributed by atoms with Crippen molar-refractivity contribution in [1.82, 2.24) is 4.90 Å². The van der Waals surface area contributed by atoms with E-state index in [-0.39, 0.29) is 6.03 Å². The monoisotopic (exact) mass is 340 g/mol. The van der Waals surface area contributed by atoms with Crippen LogP contribution in [0.15, 0.2) is 48.5 Å². The van der Waals surface area contributed by atoms with Gasteiger partial charge >= 0.3 is 6.03 Å².